The van der Waals surface area contributed by atoms with Crippen molar-refractivity contribution in [2.24, 2.45) is 23.7 Å². The van der Waals surface area contributed by atoms with E-state index < -0.39 is 36.4 Å². The van der Waals surface area contributed by atoms with E-state index in [-0.39, 0.29) is 41.9 Å². The molecule has 2 N–H and O–H groups in total. The smallest absolute Gasteiger partial charge is 0.407 e. The Morgan fingerprint density at radius 1 is 1.00 bits per heavy atom. The maximum absolute atomic E-state index is 14.2. The molecule has 2 aromatic rings. The van der Waals surface area contributed by atoms with Crippen LogP contribution >= 0.6 is 0 Å². The number of amides is 3. The minimum absolute atomic E-state index is 0.0152. The summed E-state index contributed by atoms with van der Waals surface area (Å²) in [6.45, 7) is 7.61. The Balaban J connectivity index is 1.27. The second-order valence-corrected chi connectivity index (χ2v) is 15.6. The summed E-state index contributed by atoms with van der Waals surface area (Å²) < 4.78 is 35.6. The number of furan rings is 1. The summed E-state index contributed by atoms with van der Waals surface area (Å²) in [7, 11) is 1.59. The van der Waals surface area contributed by atoms with E-state index >= 15 is 0 Å². The number of hydrogen-bond acceptors (Lipinski definition) is 8. The molecular formula is C39H56FN3O8. The zero-order valence-corrected chi connectivity index (χ0v) is 30.9. The number of anilines is 1. The highest BCUT2D eigenvalue weighted by Gasteiger charge is 2.47. The summed E-state index contributed by atoms with van der Waals surface area (Å²) in [6, 6.07) is 4.02. The normalized spacial score (nSPS) is 23.5. The molecule has 3 fully saturated rings. The van der Waals surface area contributed by atoms with Gasteiger partial charge in [-0.15, -0.1) is 0 Å². The van der Waals surface area contributed by atoms with Crippen molar-refractivity contribution in [3.05, 3.63) is 29.5 Å². The van der Waals surface area contributed by atoms with E-state index in [1.54, 1.807) is 53.0 Å². The molecule has 11 nitrogen and oxygen atoms in total. The second-order valence-electron chi connectivity index (χ2n) is 15.6. The lowest BCUT2D eigenvalue weighted by Gasteiger charge is -2.37. The van der Waals surface area contributed by atoms with Crippen LogP contribution in [0.2, 0.25) is 0 Å². The van der Waals surface area contributed by atoms with Gasteiger partial charge in [-0.25, -0.2) is 14.0 Å². The third-order valence-corrected chi connectivity index (χ3v) is 10.9. The summed E-state index contributed by atoms with van der Waals surface area (Å²) in [5.74, 6) is -0.555. The number of rotatable bonds is 12. The number of carbonyl (C=O) groups is 4. The molecule has 0 radical (unpaired) electrons. The minimum Gasteiger partial charge on any atom is -0.460 e. The van der Waals surface area contributed by atoms with Crippen LogP contribution < -0.4 is 10.6 Å². The second kappa shape index (κ2) is 17.2. The van der Waals surface area contributed by atoms with Crippen LogP contribution in [0.25, 0.3) is 11.0 Å². The molecule has 1 aliphatic heterocycles. The van der Waals surface area contributed by atoms with Gasteiger partial charge in [-0.1, -0.05) is 32.1 Å². The van der Waals surface area contributed by atoms with Crippen LogP contribution in [0.1, 0.15) is 108 Å². The number of methoxy groups -OCH3 is 1. The molecule has 0 spiro atoms. The number of esters is 1. The van der Waals surface area contributed by atoms with Crippen molar-refractivity contribution in [2.75, 3.05) is 38.9 Å². The van der Waals surface area contributed by atoms with E-state index in [0.29, 0.717) is 73.4 Å². The molecule has 0 unspecified atom stereocenters. The standard InChI is InChI=1S/C39H56FN3O8/c1-24-30-22-28(16-17-32(30)50-34(24)37(46)49-21-9-20-48-5)41-35(44)33-29(25-10-7-6-8-11-25)18-19-43(33)36(45)27-14-12-26(13-15-27)31(23-40)42-38(47)51-39(2,3)4/h16-17,22,25-27,29,31,33H,6-15,18-21,23H2,1-5H3,(H,41,44)(H,42,47)/t26?,27?,29-,31+,33-/m0/s1. The fraction of sp³-hybridized carbons (Fsp3) is 0.692. The summed E-state index contributed by atoms with van der Waals surface area (Å²) >= 11 is 0. The molecule has 12 heteroatoms. The number of nitrogens with zero attached hydrogens (tertiary/aromatic N) is 1. The number of fused-ring (bicyclic) bond motifs is 1. The monoisotopic (exact) mass is 713 g/mol. The number of alkyl halides is 1. The third-order valence-electron chi connectivity index (χ3n) is 10.9. The van der Waals surface area contributed by atoms with E-state index in [0.717, 1.165) is 32.1 Å². The van der Waals surface area contributed by atoms with Gasteiger partial charge in [-0.05, 0) is 95.8 Å². The summed E-state index contributed by atoms with van der Waals surface area (Å²) in [5.41, 5.74) is 1.02. The molecule has 1 aromatic heterocycles. The molecular weight excluding hydrogens is 657 g/mol. The van der Waals surface area contributed by atoms with Crippen molar-refractivity contribution in [3.8, 4) is 0 Å². The Morgan fingerprint density at radius 2 is 1.73 bits per heavy atom. The zero-order chi connectivity index (χ0) is 36.7. The molecule has 1 saturated heterocycles. The Morgan fingerprint density at radius 3 is 2.39 bits per heavy atom. The first-order valence-electron chi connectivity index (χ1n) is 18.8. The number of ether oxygens (including phenoxy) is 3. The Hall–Kier alpha value is -3.67. The predicted molar refractivity (Wildman–Crippen MR) is 191 cm³/mol. The van der Waals surface area contributed by atoms with Crippen LogP contribution in [-0.4, -0.2) is 80.0 Å². The van der Waals surface area contributed by atoms with Crippen LogP contribution in [0.15, 0.2) is 22.6 Å². The highest BCUT2D eigenvalue weighted by molar-refractivity contribution is 6.01. The number of hydrogen-bond donors (Lipinski definition) is 2. The number of aryl methyl sites for hydroxylation is 1. The van der Waals surface area contributed by atoms with Crippen molar-refractivity contribution in [2.45, 2.75) is 116 Å². The largest absolute Gasteiger partial charge is 0.460 e. The summed E-state index contributed by atoms with van der Waals surface area (Å²) in [5, 5.41) is 6.51. The molecule has 3 atom stereocenters. The van der Waals surface area contributed by atoms with Gasteiger partial charge < -0.3 is 34.2 Å². The fourth-order valence-electron chi connectivity index (χ4n) is 8.34. The molecule has 2 heterocycles. The van der Waals surface area contributed by atoms with Gasteiger partial charge in [0.2, 0.25) is 17.6 Å². The first kappa shape index (κ1) is 38.6. The van der Waals surface area contributed by atoms with Crippen LogP contribution in [0.4, 0.5) is 14.9 Å². The molecule has 282 valence electrons. The van der Waals surface area contributed by atoms with Crippen LogP contribution in [-0.2, 0) is 23.8 Å². The number of nitrogens with one attached hydrogen (secondary N) is 2. The van der Waals surface area contributed by atoms with E-state index in [1.807, 2.05) is 4.90 Å². The SMILES string of the molecule is COCCCOC(=O)c1oc2ccc(NC(=O)[C@@H]3[C@H](C4CCCCC4)CCN3C(=O)C3CCC([C@@H](CF)NC(=O)OC(C)(C)C)CC3)cc2c1C. The lowest BCUT2D eigenvalue weighted by atomic mass is 9.76. The Bertz CT molecular complexity index is 1520. The van der Waals surface area contributed by atoms with Crippen LogP contribution in [0, 0.1) is 30.6 Å². The fourth-order valence-corrected chi connectivity index (χ4v) is 8.34. The Labute approximate surface area is 300 Å². The van der Waals surface area contributed by atoms with Gasteiger partial charge in [0.05, 0.1) is 12.6 Å². The van der Waals surface area contributed by atoms with Gasteiger partial charge in [0.1, 0.15) is 23.9 Å². The first-order chi connectivity index (χ1) is 24.4. The molecule has 0 bridgehead atoms. The van der Waals surface area contributed by atoms with Gasteiger partial charge in [-0.2, -0.15) is 0 Å². The molecule has 3 aliphatic rings. The first-order valence-corrected chi connectivity index (χ1v) is 18.8. The van der Waals surface area contributed by atoms with Crippen molar-refractivity contribution in [3.63, 3.8) is 0 Å². The average Bonchev–Trinajstić information content (AvgIpc) is 3.70. The van der Waals surface area contributed by atoms with E-state index in [9.17, 15) is 23.6 Å². The van der Waals surface area contributed by atoms with Crippen LogP contribution in [0.3, 0.4) is 0 Å². The zero-order valence-electron chi connectivity index (χ0n) is 30.9. The van der Waals surface area contributed by atoms with Crippen molar-refractivity contribution in [1.82, 2.24) is 10.2 Å². The van der Waals surface area contributed by atoms with Gasteiger partial charge in [0, 0.05) is 49.2 Å². The third kappa shape index (κ3) is 9.61. The van der Waals surface area contributed by atoms with E-state index in [4.69, 9.17) is 18.6 Å². The van der Waals surface area contributed by atoms with Gasteiger partial charge in [-0.3, -0.25) is 9.59 Å². The van der Waals surface area contributed by atoms with Gasteiger partial charge in [0.25, 0.3) is 0 Å². The molecule has 5 rings (SSSR count). The topological polar surface area (TPSA) is 136 Å². The van der Waals surface area contributed by atoms with Crippen LogP contribution in [0.5, 0.6) is 0 Å². The molecule has 3 amide bonds. The summed E-state index contributed by atoms with van der Waals surface area (Å²) in [4.78, 5) is 55.3. The number of alkyl carbamates (subject to hydrolysis) is 1. The maximum Gasteiger partial charge on any atom is 0.407 e. The van der Waals surface area contributed by atoms with Crippen molar-refractivity contribution >= 4 is 40.5 Å². The number of halogens is 1. The van der Waals surface area contributed by atoms with Crippen molar-refractivity contribution < 1.29 is 42.2 Å². The maximum atomic E-state index is 14.2. The average molecular weight is 714 g/mol. The number of benzene rings is 1. The predicted octanol–water partition coefficient (Wildman–Crippen LogP) is 7.34. The summed E-state index contributed by atoms with van der Waals surface area (Å²) in [6.07, 6.45) is 8.64. The van der Waals surface area contributed by atoms with Gasteiger partial charge >= 0.3 is 12.1 Å². The Kier molecular flexibility index (Phi) is 13.0. The molecule has 2 saturated carbocycles. The highest BCUT2D eigenvalue weighted by Crippen LogP contribution is 2.41. The lowest BCUT2D eigenvalue weighted by Crippen LogP contribution is -2.50. The lowest BCUT2D eigenvalue weighted by molar-refractivity contribution is -0.142. The van der Waals surface area contributed by atoms with Gasteiger partial charge in [0.15, 0.2) is 0 Å². The number of likely N-dealkylation sites (tertiary alicyclic amines) is 1. The molecule has 2 aliphatic carbocycles. The van der Waals surface area contributed by atoms with Crippen molar-refractivity contribution in [1.29, 1.82) is 0 Å². The minimum atomic E-state index is -0.704. The molecule has 1 aromatic carbocycles. The molecule has 51 heavy (non-hydrogen) atoms. The quantitative estimate of drug-likeness (QED) is 0.172. The van der Waals surface area contributed by atoms with E-state index in [1.165, 1.54) is 6.42 Å². The van der Waals surface area contributed by atoms with E-state index in [2.05, 4.69) is 10.6 Å². The number of carbonyl (C=O) groups excluding carboxylic acids is 4. The highest BCUT2D eigenvalue weighted by atomic mass is 19.1.